The fraction of sp³-hybridized carbons (Fsp3) is 0.588. The molecule has 1 aliphatic rings. The topological polar surface area (TPSA) is 27.6 Å². The predicted molar refractivity (Wildman–Crippen MR) is 102 cm³/mol. The highest BCUT2D eigenvalue weighted by atomic mass is 127. The first-order chi connectivity index (χ1) is 10.1. The van der Waals surface area contributed by atoms with E-state index in [1.165, 1.54) is 12.5 Å². The third kappa shape index (κ3) is 4.83. The first-order valence-electron chi connectivity index (χ1n) is 7.79. The van der Waals surface area contributed by atoms with Crippen LogP contribution >= 0.6 is 24.0 Å². The number of guanidine groups is 1. The Morgan fingerprint density at radius 3 is 2.68 bits per heavy atom. The summed E-state index contributed by atoms with van der Waals surface area (Å²) in [6.07, 6.45) is 4.55. The van der Waals surface area contributed by atoms with Gasteiger partial charge in [-0.15, -0.1) is 24.0 Å². The van der Waals surface area contributed by atoms with Gasteiger partial charge in [0.2, 0.25) is 0 Å². The number of nitrogens with one attached hydrogen (secondary N) is 1. The maximum atomic E-state index is 13.4. The zero-order chi connectivity index (χ0) is 15.3. The number of hydrogen-bond acceptors (Lipinski definition) is 1. The van der Waals surface area contributed by atoms with Crippen molar-refractivity contribution in [3.8, 4) is 0 Å². The molecule has 0 spiro atoms. The molecule has 0 atom stereocenters. The van der Waals surface area contributed by atoms with E-state index in [2.05, 4.69) is 29.2 Å². The molecule has 22 heavy (non-hydrogen) atoms. The van der Waals surface area contributed by atoms with Crippen LogP contribution in [-0.2, 0) is 5.41 Å². The lowest BCUT2D eigenvalue weighted by atomic mass is 9.96. The number of unbranched alkanes of at least 4 members (excludes halogenated alkanes) is 1. The van der Waals surface area contributed by atoms with Gasteiger partial charge in [-0.2, -0.15) is 0 Å². The highest BCUT2D eigenvalue weighted by Crippen LogP contribution is 2.47. The summed E-state index contributed by atoms with van der Waals surface area (Å²) in [4.78, 5) is 6.50. The van der Waals surface area contributed by atoms with Crippen LogP contribution < -0.4 is 5.32 Å². The van der Waals surface area contributed by atoms with E-state index in [9.17, 15) is 4.39 Å². The van der Waals surface area contributed by atoms with Crippen molar-refractivity contribution in [3.05, 3.63) is 35.6 Å². The molecule has 0 heterocycles. The van der Waals surface area contributed by atoms with Gasteiger partial charge in [0.15, 0.2) is 5.96 Å². The second kappa shape index (κ2) is 8.70. The Kier molecular flexibility index (Phi) is 7.59. The fourth-order valence-electron chi connectivity index (χ4n) is 2.67. The van der Waals surface area contributed by atoms with Gasteiger partial charge in [-0.25, -0.2) is 4.39 Å². The van der Waals surface area contributed by atoms with Crippen LogP contribution in [0.5, 0.6) is 0 Å². The summed E-state index contributed by atoms with van der Waals surface area (Å²) < 4.78 is 13.4. The summed E-state index contributed by atoms with van der Waals surface area (Å²) in [6, 6.07) is 7.00. The average Bonchev–Trinajstić information content (AvgIpc) is 3.27. The number of halogens is 2. The molecule has 3 nitrogen and oxygen atoms in total. The molecule has 5 heteroatoms. The summed E-state index contributed by atoms with van der Waals surface area (Å²) in [5, 5.41) is 3.45. The van der Waals surface area contributed by atoms with Gasteiger partial charge in [0.1, 0.15) is 5.82 Å². The minimum atomic E-state index is -0.150. The van der Waals surface area contributed by atoms with Gasteiger partial charge in [-0.1, -0.05) is 25.5 Å². The third-order valence-corrected chi connectivity index (χ3v) is 4.30. The molecule has 0 aliphatic heterocycles. The van der Waals surface area contributed by atoms with Crippen LogP contribution in [0.2, 0.25) is 0 Å². The van der Waals surface area contributed by atoms with E-state index < -0.39 is 0 Å². The molecule has 0 saturated heterocycles. The normalized spacial score (nSPS) is 15.9. The predicted octanol–water partition coefficient (Wildman–Crippen LogP) is 3.78. The summed E-state index contributed by atoms with van der Waals surface area (Å²) >= 11 is 0. The van der Waals surface area contributed by atoms with Gasteiger partial charge < -0.3 is 10.2 Å². The van der Waals surface area contributed by atoms with E-state index >= 15 is 0 Å². The highest BCUT2D eigenvalue weighted by molar-refractivity contribution is 14.0. The first-order valence-corrected chi connectivity index (χ1v) is 7.79. The molecule has 1 aliphatic carbocycles. The Bertz CT molecular complexity index is 500. The van der Waals surface area contributed by atoms with Crippen LogP contribution in [0.4, 0.5) is 4.39 Å². The van der Waals surface area contributed by atoms with Crippen molar-refractivity contribution in [2.24, 2.45) is 4.99 Å². The Labute approximate surface area is 150 Å². The lowest BCUT2D eigenvalue weighted by Crippen LogP contribution is -2.42. The monoisotopic (exact) mass is 419 g/mol. The van der Waals surface area contributed by atoms with E-state index in [-0.39, 0.29) is 35.2 Å². The molecule has 1 fully saturated rings. The number of hydrogen-bond donors (Lipinski definition) is 1. The molecule has 0 unspecified atom stereocenters. The van der Waals surface area contributed by atoms with Gasteiger partial charge in [-0.3, -0.25) is 4.99 Å². The zero-order valence-electron chi connectivity index (χ0n) is 13.7. The van der Waals surface area contributed by atoms with Gasteiger partial charge >= 0.3 is 0 Å². The van der Waals surface area contributed by atoms with Gasteiger partial charge in [0, 0.05) is 32.6 Å². The van der Waals surface area contributed by atoms with Crippen LogP contribution in [0.15, 0.2) is 29.3 Å². The molecule has 0 amide bonds. The van der Waals surface area contributed by atoms with Crippen molar-refractivity contribution in [1.82, 2.24) is 10.2 Å². The third-order valence-electron chi connectivity index (χ3n) is 4.30. The second-order valence-electron chi connectivity index (χ2n) is 5.97. The minimum Gasteiger partial charge on any atom is -0.355 e. The maximum Gasteiger partial charge on any atom is 0.193 e. The van der Waals surface area contributed by atoms with Crippen molar-refractivity contribution in [3.63, 3.8) is 0 Å². The molecule has 0 radical (unpaired) electrons. The van der Waals surface area contributed by atoms with Crippen molar-refractivity contribution in [2.75, 3.05) is 27.2 Å². The van der Waals surface area contributed by atoms with E-state index in [1.807, 2.05) is 13.1 Å². The smallest absolute Gasteiger partial charge is 0.193 e. The molecule has 124 valence electrons. The first kappa shape index (κ1) is 19.2. The van der Waals surface area contributed by atoms with Crippen LogP contribution in [0.3, 0.4) is 0 Å². The average molecular weight is 419 g/mol. The Morgan fingerprint density at radius 1 is 1.41 bits per heavy atom. The maximum absolute atomic E-state index is 13.4. The number of rotatable bonds is 6. The SMILES string of the molecule is CCCCN(C)C(=NC)NCC1(c2cccc(F)c2)CC1.I. The molecule has 1 N–H and O–H groups in total. The Balaban J connectivity index is 0.00000242. The molecule has 1 aromatic carbocycles. The van der Waals surface area contributed by atoms with Crippen LogP contribution in [0.1, 0.15) is 38.2 Å². The number of benzene rings is 1. The summed E-state index contributed by atoms with van der Waals surface area (Å²) in [5.74, 6) is 0.773. The van der Waals surface area contributed by atoms with Gasteiger partial charge in [0.05, 0.1) is 0 Å². The highest BCUT2D eigenvalue weighted by Gasteiger charge is 2.44. The van der Waals surface area contributed by atoms with Gasteiger partial charge in [0.25, 0.3) is 0 Å². The van der Waals surface area contributed by atoms with Crippen LogP contribution in [-0.4, -0.2) is 38.0 Å². The number of aliphatic imine (C=N–C) groups is 1. The molecule has 0 bridgehead atoms. The van der Waals surface area contributed by atoms with E-state index in [4.69, 9.17) is 0 Å². The van der Waals surface area contributed by atoms with E-state index in [0.29, 0.717) is 0 Å². The Morgan fingerprint density at radius 2 is 2.14 bits per heavy atom. The molecular formula is C17H27FIN3. The minimum absolute atomic E-state index is 0. The number of nitrogens with zero attached hydrogens (tertiary/aromatic N) is 2. The summed E-state index contributed by atoms with van der Waals surface area (Å²) in [5.41, 5.74) is 1.19. The summed E-state index contributed by atoms with van der Waals surface area (Å²) in [7, 11) is 3.87. The summed E-state index contributed by atoms with van der Waals surface area (Å²) in [6.45, 7) is 4.01. The van der Waals surface area contributed by atoms with E-state index in [1.54, 1.807) is 12.1 Å². The van der Waals surface area contributed by atoms with Crippen molar-refractivity contribution >= 4 is 29.9 Å². The van der Waals surface area contributed by atoms with Crippen molar-refractivity contribution in [2.45, 2.75) is 38.0 Å². The van der Waals surface area contributed by atoms with Crippen LogP contribution in [0.25, 0.3) is 0 Å². The lowest BCUT2D eigenvalue weighted by Gasteiger charge is -2.24. The largest absolute Gasteiger partial charge is 0.355 e. The second-order valence-corrected chi connectivity index (χ2v) is 5.97. The van der Waals surface area contributed by atoms with Gasteiger partial charge in [-0.05, 0) is 37.0 Å². The van der Waals surface area contributed by atoms with Crippen LogP contribution in [0, 0.1) is 5.82 Å². The lowest BCUT2D eigenvalue weighted by molar-refractivity contribution is 0.459. The van der Waals surface area contributed by atoms with Crippen molar-refractivity contribution < 1.29 is 4.39 Å². The zero-order valence-corrected chi connectivity index (χ0v) is 16.1. The fourth-order valence-corrected chi connectivity index (χ4v) is 2.67. The van der Waals surface area contributed by atoms with Crippen molar-refractivity contribution in [1.29, 1.82) is 0 Å². The standard InChI is InChI=1S/C17H26FN3.HI/c1-4-5-11-21(3)16(19-2)20-13-17(9-10-17)14-7-6-8-15(18)12-14;/h6-8,12H,4-5,9-11,13H2,1-3H3,(H,19,20);1H. The quantitative estimate of drug-likeness (QED) is 0.432. The van der Waals surface area contributed by atoms with E-state index in [0.717, 1.165) is 43.9 Å². The molecule has 2 rings (SSSR count). The Hall–Kier alpha value is -0.850. The molecular weight excluding hydrogens is 392 g/mol. The molecule has 0 aromatic heterocycles. The molecule has 1 aromatic rings. The molecule has 1 saturated carbocycles.